The predicted octanol–water partition coefficient (Wildman–Crippen LogP) is 4.66. The van der Waals surface area contributed by atoms with Gasteiger partial charge in [0.05, 0.1) is 5.02 Å². The molecule has 2 aromatic carbocycles. The summed E-state index contributed by atoms with van der Waals surface area (Å²) in [6.45, 7) is 1.96. The van der Waals surface area contributed by atoms with E-state index < -0.39 is 0 Å². The Morgan fingerprint density at radius 2 is 1.92 bits per heavy atom. The molecule has 0 saturated heterocycles. The van der Waals surface area contributed by atoms with Gasteiger partial charge in [-0.05, 0) is 37.1 Å². The highest BCUT2D eigenvalue weighted by molar-refractivity contribution is 6.33. The van der Waals surface area contributed by atoms with E-state index in [4.69, 9.17) is 16.1 Å². The molecule has 1 heterocycles. The molecule has 0 aliphatic heterocycles. The van der Waals surface area contributed by atoms with Crippen LogP contribution in [0.2, 0.25) is 5.02 Å². The first-order valence-electron chi connectivity index (χ1n) is 8.06. The van der Waals surface area contributed by atoms with Crippen molar-refractivity contribution in [2.24, 2.45) is 0 Å². The van der Waals surface area contributed by atoms with Crippen LogP contribution in [0.3, 0.4) is 0 Å². The summed E-state index contributed by atoms with van der Waals surface area (Å²) in [7, 11) is 0. The van der Waals surface area contributed by atoms with Crippen LogP contribution in [0.4, 0.5) is 5.69 Å². The fraction of sp³-hybridized carbons (Fsp3) is 0.211. The van der Waals surface area contributed by atoms with Crippen LogP contribution in [0.1, 0.15) is 24.3 Å². The molecule has 0 atom stereocenters. The van der Waals surface area contributed by atoms with E-state index in [2.05, 4.69) is 15.5 Å². The SMILES string of the molecule is Cc1ccccc1NC(=O)CCCc1nc(-c2ccccc2Cl)no1. The quantitative estimate of drug-likeness (QED) is 0.698. The summed E-state index contributed by atoms with van der Waals surface area (Å²) in [6.07, 6.45) is 1.55. The van der Waals surface area contributed by atoms with Crippen molar-refractivity contribution in [3.63, 3.8) is 0 Å². The molecule has 0 bridgehead atoms. The molecule has 0 saturated carbocycles. The van der Waals surface area contributed by atoms with Crippen LogP contribution in [0.15, 0.2) is 53.1 Å². The third-order valence-electron chi connectivity index (χ3n) is 3.80. The zero-order valence-electron chi connectivity index (χ0n) is 13.8. The summed E-state index contributed by atoms with van der Waals surface area (Å²) in [4.78, 5) is 16.4. The van der Waals surface area contributed by atoms with Gasteiger partial charge in [0.15, 0.2) is 0 Å². The monoisotopic (exact) mass is 355 g/mol. The number of amides is 1. The highest BCUT2D eigenvalue weighted by Crippen LogP contribution is 2.25. The van der Waals surface area contributed by atoms with E-state index in [1.807, 2.05) is 49.4 Å². The van der Waals surface area contributed by atoms with Crippen molar-refractivity contribution < 1.29 is 9.32 Å². The zero-order chi connectivity index (χ0) is 17.6. The Morgan fingerprint density at radius 1 is 1.16 bits per heavy atom. The Bertz CT molecular complexity index is 876. The van der Waals surface area contributed by atoms with Gasteiger partial charge in [-0.15, -0.1) is 0 Å². The lowest BCUT2D eigenvalue weighted by molar-refractivity contribution is -0.116. The van der Waals surface area contributed by atoms with Crippen molar-refractivity contribution in [3.8, 4) is 11.4 Å². The number of nitrogens with zero attached hydrogens (tertiary/aromatic N) is 2. The Hall–Kier alpha value is -2.66. The van der Waals surface area contributed by atoms with Crippen molar-refractivity contribution in [2.45, 2.75) is 26.2 Å². The van der Waals surface area contributed by atoms with Gasteiger partial charge in [-0.1, -0.05) is 47.1 Å². The van der Waals surface area contributed by atoms with E-state index in [1.165, 1.54) is 0 Å². The molecule has 0 unspecified atom stereocenters. The van der Waals surface area contributed by atoms with Crippen LogP contribution in [-0.4, -0.2) is 16.0 Å². The van der Waals surface area contributed by atoms with Gasteiger partial charge >= 0.3 is 0 Å². The third kappa shape index (κ3) is 4.45. The third-order valence-corrected chi connectivity index (χ3v) is 4.13. The van der Waals surface area contributed by atoms with E-state index in [0.29, 0.717) is 36.0 Å². The van der Waals surface area contributed by atoms with Gasteiger partial charge in [0.25, 0.3) is 0 Å². The average Bonchev–Trinajstić information content (AvgIpc) is 3.06. The lowest BCUT2D eigenvalue weighted by atomic mass is 10.2. The largest absolute Gasteiger partial charge is 0.339 e. The van der Waals surface area contributed by atoms with E-state index >= 15 is 0 Å². The number of hydrogen-bond acceptors (Lipinski definition) is 4. The zero-order valence-corrected chi connectivity index (χ0v) is 14.6. The Kier molecular flexibility index (Phi) is 5.46. The molecule has 1 amide bonds. The van der Waals surface area contributed by atoms with Crippen molar-refractivity contribution in [2.75, 3.05) is 5.32 Å². The minimum Gasteiger partial charge on any atom is -0.339 e. The van der Waals surface area contributed by atoms with Gasteiger partial charge < -0.3 is 9.84 Å². The number of carbonyl (C=O) groups is 1. The first kappa shape index (κ1) is 17.2. The number of benzene rings is 2. The minimum atomic E-state index is -0.0276. The molecule has 0 spiro atoms. The summed E-state index contributed by atoms with van der Waals surface area (Å²) in [5, 5.41) is 7.44. The van der Waals surface area contributed by atoms with Crippen LogP contribution < -0.4 is 5.32 Å². The molecule has 0 aliphatic carbocycles. The summed E-state index contributed by atoms with van der Waals surface area (Å²) >= 11 is 6.13. The van der Waals surface area contributed by atoms with Gasteiger partial charge in [-0.3, -0.25) is 4.79 Å². The molecule has 1 aromatic heterocycles. The number of aromatic nitrogens is 2. The number of para-hydroxylation sites is 1. The number of aryl methyl sites for hydroxylation is 2. The van der Waals surface area contributed by atoms with Crippen LogP contribution in [-0.2, 0) is 11.2 Å². The smallest absolute Gasteiger partial charge is 0.226 e. The minimum absolute atomic E-state index is 0.0276. The maximum absolute atomic E-state index is 12.0. The first-order valence-corrected chi connectivity index (χ1v) is 8.44. The average molecular weight is 356 g/mol. The molecule has 3 rings (SSSR count). The number of carbonyl (C=O) groups excluding carboxylic acids is 1. The number of rotatable bonds is 6. The van der Waals surface area contributed by atoms with Crippen LogP contribution in [0.25, 0.3) is 11.4 Å². The van der Waals surface area contributed by atoms with Crippen LogP contribution >= 0.6 is 11.6 Å². The van der Waals surface area contributed by atoms with Gasteiger partial charge in [-0.25, -0.2) is 0 Å². The molecule has 6 heteroatoms. The molecule has 0 aliphatic rings. The van der Waals surface area contributed by atoms with E-state index in [0.717, 1.165) is 16.8 Å². The van der Waals surface area contributed by atoms with E-state index in [-0.39, 0.29) is 5.91 Å². The van der Waals surface area contributed by atoms with Gasteiger partial charge in [0.1, 0.15) is 0 Å². The molecule has 5 nitrogen and oxygen atoms in total. The highest BCUT2D eigenvalue weighted by Gasteiger charge is 2.12. The molecule has 25 heavy (non-hydrogen) atoms. The Labute approximate surface area is 151 Å². The second-order valence-electron chi connectivity index (χ2n) is 5.71. The molecular formula is C19H18ClN3O2. The van der Waals surface area contributed by atoms with Crippen molar-refractivity contribution in [1.82, 2.24) is 10.1 Å². The molecule has 0 fully saturated rings. The van der Waals surface area contributed by atoms with E-state index in [1.54, 1.807) is 6.07 Å². The molecule has 128 valence electrons. The maximum atomic E-state index is 12.0. The van der Waals surface area contributed by atoms with Crippen LogP contribution in [0, 0.1) is 6.92 Å². The normalized spacial score (nSPS) is 10.6. The van der Waals surface area contributed by atoms with Crippen molar-refractivity contribution in [3.05, 3.63) is 65.0 Å². The topological polar surface area (TPSA) is 68.0 Å². The summed E-state index contributed by atoms with van der Waals surface area (Å²) < 4.78 is 5.24. The van der Waals surface area contributed by atoms with Gasteiger partial charge in [0, 0.05) is 24.1 Å². The number of anilines is 1. The number of halogens is 1. The molecular weight excluding hydrogens is 338 g/mol. The van der Waals surface area contributed by atoms with Crippen LogP contribution in [0.5, 0.6) is 0 Å². The molecule has 1 N–H and O–H groups in total. The number of nitrogens with one attached hydrogen (secondary N) is 1. The Balaban J connectivity index is 1.52. The number of hydrogen-bond donors (Lipinski definition) is 1. The lowest BCUT2D eigenvalue weighted by Gasteiger charge is -2.07. The maximum Gasteiger partial charge on any atom is 0.226 e. The first-order chi connectivity index (χ1) is 12.1. The fourth-order valence-corrected chi connectivity index (χ4v) is 2.65. The molecule has 0 radical (unpaired) electrons. The fourth-order valence-electron chi connectivity index (χ4n) is 2.43. The van der Waals surface area contributed by atoms with Gasteiger partial charge in [0.2, 0.25) is 17.6 Å². The van der Waals surface area contributed by atoms with Crippen molar-refractivity contribution >= 4 is 23.2 Å². The highest BCUT2D eigenvalue weighted by atomic mass is 35.5. The van der Waals surface area contributed by atoms with Crippen molar-refractivity contribution in [1.29, 1.82) is 0 Å². The van der Waals surface area contributed by atoms with Gasteiger partial charge in [-0.2, -0.15) is 4.98 Å². The second kappa shape index (κ2) is 7.94. The Morgan fingerprint density at radius 3 is 2.72 bits per heavy atom. The standard InChI is InChI=1S/C19H18ClN3O2/c1-13-7-2-5-10-16(13)21-17(24)11-6-12-18-22-19(23-25-18)14-8-3-4-9-15(14)20/h2-5,7-10H,6,11-12H2,1H3,(H,21,24). The summed E-state index contributed by atoms with van der Waals surface area (Å²) in [6, 6.07) is 15.0. The molecule has 3 aromatic rings. The summed E-state index contributed by atoms with van der Waals surface area (Å²) in [5.74, 6) is 0.934. The van der Waals surface area contributed by atoms with E-state index in [9.17, 15) is 4.79 Å². The second-order valence-corrected chi connectivity index (χ2v) is 6.12. The predicted molar refractivity (Wildman–Crippen MR) is 97.5 cm³/mol. The lowest BCUT2D eigenvalue weighted by Crippen LogP contribution is -2.12. The summed E-state index contributed by atoms with van der Waals surface area (Å²) in [5.41, 5.74) is 2.61.